The van der Waals surface area contributed by atoms with Crippen LogP contribution in [-0.2, 0) is 17.8 Å². The molecule has 0 bridgehead atoms. The molecule has 0 spiro atoms. The lowest BCUT2D eigenvalue weighted by molar-refractivity contribution is 0.0526. The molecule has 33 heavy (non-hydrogen) atoms. The highest BCUT2D eigenvalue weighted by atomic mass is 16.5. The molecular weight excluding hydrogens is 418 g/mol. The number of ether oxygens (including phenoxy) is 1. The molecular formula is C25H29N5O3. The molecule has 0 aliphatic rings. The number of guanidine groups is 1. The summed E-state index contributed by atoms with van der Waals surface area (Å²) in [6.45, 7) is 9.22. The predicted octanol–water partition coefficient (Wildman–Crippen LogP) is 4.09. The lowest BCUT2D eigenvalue weighted by Gasteiger charge is -2.12. The van der Waals surface area contributed by atoms with Crippen LogP contribution in [0.4, 0.5) is 5.69 Å². The van der Waals surface area contributed by atoms with Crippen molar-refractivity contribution in [2.45, 2.75) is 40.8 Å². The van der Waals surface area contributed by atoms with Gasteiger partial charge in [-0.15, -0.1) is 0 Å². The van der Waals surface area contributed by atoms with E-state index < -0.39 is 0 Å². The number of nitrogens with one attached hydrogen (secondary N) is 2. The first-order valence-electron chi connectivity index (χ1n) is 10.9. The fraction of sp³-hybridized carbons (Fsp3) is 0.280. The van der Waals surface area contributed by atoms with Crippen LogP contribution in [0.5, 0.6) is 0 Å². The van der Waals surface area contributed by atoms with Crippen molar-refractivity contribution in [3.05, 3.63) is 82.7 Å². The summed E-state index contributed by atoms with van der Waals surface area (Å²) in [5.74, 6) is -0.354. The third-order valence-electron chi connectivity index (χ3n) is 5.15. The SMILES string of the molecule is CCOC(=O)c1ccc(NC(=NCc2c(C)nn(CC)c2C)NC(=O)c2ccccc2)cc1. The number of hydrogen-bond acceptors (Lipinski definition) is 5. The Morgan fingerprint density at radius 2 is 1.70 bits per heavy atom. The van der Waals surface area contributed by atoms with Crippen LogP contribution in [0.1, 0.15) is 51.5 Å². The maximum Gasteiger partial charge on any atom is 0.338 e. The van der Waals surface area contributed by atoms with Gasteiger partial charge >= 0.3 is 5.97 Å². The summed E-state index contributed by atoms with van der Waals surface area (Å²) in [5, 5.41) is 10.5. The number of esters is 1. The van der Waals surface area contributed by atoms with Crippen LogP contribution in [0.25, 0.3) is 0 Å². The quantitative estimate of drug-likeness (QED) is 0.323. The fourth-order valence-electron chi connectivity index (χ4n) is 3.35. The molecule has 2 N–H and O–H groups in total. The number of aryl methyl sites for hydroxylation is 2. The molecule has 172 valence electrons. The number of aliphatic imine (C=N–C) groups is 1. The third-order valence-corrected chi connectivity index (χ3v) is 5.15. The lowest BCUT2D eigenvalue weighted by Crippen LogP contribution is -2.36. The van der Waals surface area contributed by atoms with Crippen molar-refractivity contribution in [2.75, 3.05) is 11.9 Å². The van der Waals surface area contributed by atoms with Gasteiger partial charge in [0.15, 0.2) is 0 Å². The molecule has 0 unspecified atom stereocenters. The Bertz CT molecular complexity index is 1130. The highest BCUT2D eigenvalue weighted by Gasteiger charge is 2.13. The minimum Gasteiger partial charge on any atom is -0.462 e. The number of amides is 1. The van der Waals surface area contributed by atoms with Gasteiger partial charge in [-0.1, -0.05) is 18.2 Å². The number of benzene rings is 2. The first-order valence-corrected chi connectivity index (χ1v) is 10.9. The lowest BCUT2D eigenvalue weighted by atomic mass is 10.2. The summed E-state index contributed by atoms with van der Waals surface area (Å²) in [6, 6.07) is 15.7. The van der Waals surface area contributed by atoms with Gasteiger partial charge in [0.1, 0.15) is 0 Å². The zero-order valence-corrected chi connectivity index (χ0v) is 19.4. The topological polar surface area (TPSA) is 97.6 Å². The molecule has 8 heteroatoms. The van der Waals surface area contributed by atoms with Crippen molar-refractivity contribution in [3.63, 3.8) is 0 Å². The van der Waals surface area contributed by atoms with E-state index in [0.717, 1.165) is 23.5 Å². The number of anilines is 1. The molecule has 1 heterocycles. The zero-order chi connectivity index (χ0) is 23.8. The second-order valence-corrected chi connectivity index (χ2v) is 7.37. The number of aromatic nitrogens is 2. The van der Waals surface area contributed by atoms with Crippen molar-refractivity contribution < 1.29 is 14.3 Å². The van der Waals surface area contributed by atoms with Gasteiger partial charge in [0.05, 0.1) is 24.4 Å². The Hall–Kier alpha value is -3.94. The molecule has 0 fully saturated rings. The standard InChI is InChI=1S/C25H29N5O3/c1-5-30-18(4)22(17(3)29-30)16-26-25(28-23(31)19-10-8-7-9-11-19)27-21-14-12-20(13-15-21)24(32)33-6-2/h7-15H,5-6,16H2,1-4H3,(H2,26,27,28,31). The first-order chi connectivity index (χ1) is 15.9. The molecule has 8 nitrogen and oxygen atoms in total. The fourth-order valence-corrected chi connectivity index (χ4v) is 3.35. The number of rotatable bonds is 7. The minimum absolute atomic E-state index is 0.275. The smallest absolute Gasteiger partial charge is 0.338 e. The molecule has 1 aromatic heterocycles. The number of hydrogen-bond donors (Lipinski definition) is 2. The monoisotopic (exact) mass is 447 g/mol. The molecule has 0 aliphatic heterocycles. The van der Waals surface area contributed by atoms with Gasteiger partial charge in [0.25, 0.3) is 5.91 Å². The molecule has 0 saturated heterocycles. The first kappa shape index (κ1) is 23.7. The largest absolute Gasteiger partial charge is 0.462 e. The summed E-state index contributed by atoms with van der Waals surface area (Å²) < 4.78 is 6.96. The van der Waals surface area contributed by atoms with E-state index in [-0.39, 0.29) is 11.9 Å². The normalized spacial score (nSPS) is 11.2. The molecule has 0 radical (unpaired) electrons. The molecule has 3 aromatic rings. The molecule has 3 rings (SSSR count). The highest BCUT2D eigenvalue weighted by Crippen LogP contribution is 2.15. The Morgan fingerprint density at radius 1 is 1.00 bits per heavy atom. The van der Waals surface area contributed by atoms with Crippen LogP contribution in [0.15, 0.2) is 59.6 Å². The van der Waals surface area contributed by atoms with Crippen molar-refractivity contribution >= 4 is 23.5 Å². The number of carbonyl (C=O) groups is 2. The summed E-state index contributed by atoms with van der Waals surface area (Å²) in [6.07, 6.45) is 0. The molecule has 0 saturated carbocycles. The Morgan fingerprint density at radius 3 is 2.30 bits per heavy atom. The van der Waals surface area contributed by atoms with Crippen LogP contribution >= 0.6 is 0 Å². The van der Waals surface area contributed by atoms with E-state index in [1.165, 1.54) is 0 Å². The zero-order valence-electron chi connectivity index (χ0n) is 19.4. The Kier molecular flexibility index (Phi) is 7.96. The maximum atomic E-state index is 12.7. The molecule has 0 atom stereocenters. The van der Waals surface area contributed by atoms with Gasteiger partial charge < -0.3 is 10.1 Å². The molecule has 0 aliphatic carbocycles. The van der Waals surface area contributed by atoms with Crippen molar-refractivity contribution in [1.29, 1.82) is 0 Å². The van der Waals surface area contributed by atoms with Crippen LogP contribution in [-0.4, -0.2) is 34.2 Å². The maximum absolute atomic E-state index is 12.7. The van der Waals surface area contributed by atoms with E-state index in [2.05, 4.69) is 20.7 Å². The minimum atomic E-state index is -0.380. The van der Waals surface area contributed by atoms with Gasteiger partial charge in [-0.3, -0.25) is 14.8 Å². The summed E-state index contributed by atoms with van der Waals surface area (Å²) >= 11 is 0. The van der Waals surface area contributed by atoms with Crippen LogP contribution in [0.2, 0.25) is 0 Å². The van der Waals surface area contributed by atoms with Gasteiger partial charge in [0, 0.05) is 29.1 Å². The van der Waals surface area contributed by atoms with E-state index in [1.54, 1.807) is 55.5 Å². The van der Waals surface area contributed by atoms with Gasteiger partial charge in [-0.2, -0.15) is 5.10 Å². The summed E-state index contributed by atoms with van der Waals surface area (Å²) in [7, 11) is 0. The third kappa shape index (κ3) is 6.06. The van der Waals surface area contributed by atoms with E-state index in [4.69, 9.17) is 4.74 Å². The molecule has 1 amide bonds. The van der Waals surface area contributed by atoms with E-state index in [0.29, 0.717) is 35.9 Å². The number of carbonyl (C=O) groups excluding carboxylic acids is 2. The van der Waals surface area contributed by atoms with E-state index in [1.807, 2.05) is 31.5 Å². The second kappa shape index (κ2) is 11.1. The van der Waals surface area contributed by atoms with Crippen molar-refractivity contribution in [1.82, 2.24) is 15.1 Å². The van der Waals surface area contributed by atoms with E-state index in [9.17, 15) is 9.59 Å². The Balaban J connectivity index is 1.83. The average Bonchev–Trinajstić information content (AvgIpc) is 3.11. The van der Waals surface area contributed by atoms with Crippen molar-refractivity contribution in [2.24, 2.45) is 4.99 Å². The van der Waals surface area contributed by atoms with Gasteiger partial charge in [0.2, 0.25) is 5.96 Å². The van der Waals surface area contributed by atoms with E-state index >= 15 is 0 Å². The van der Waals surface area contributed by atoms with Crippen LogP contribution in [0, 0.1) is 13.8 Å². The second-order valence-electron chi connectivity index (χ2n) is 7.37. The number of nitrogens with zero attached hydrogens (tertiary/aromatic N) is 3. The summed E-state index contributed by atoms with van der Waals surface area (Å²) in [4.78, 5) is 29.3. The van der Waals surface area contributed by atoms with Gasteiger partial charge in [-0.05, 0) is 64.1 Å². The van der Waals surface area contributed by atoms with Crippen LogP contribution < -0.4 is 10.6 Å². The Labute approximate surface area is 193 Å². The van der Waals surface area contributed by atoms with Gasteiger partial charge in [-0.25, -0.2) is 9.79 Å². The van der Waals surface area contributed by atoms with Crippen molar-refractivity contribution in [3.8, 4) is 0 Å². The predicted molar refractivity (Wildman–Crippen MR) is 128 cm³/mol. The highest BCUT2D eigenvalue weighted by molar-refractivity contribution is 6.10. The van der Waals surface area contributed by atoms with Crippen LogP contribution in [0.3, 0.4) is 0 Å². The summed E-state index contributed by atoms with van der Waals surface area (Å²) in [5.41, 5.74) is 4.62. The average molecular weight is 448 g/mol. The molecule has 2 aromatic carbocycles.